The Morgan fingerprint density at radius 2 is 1.52 bits per heavy atom. The first-order valence-corrected chi connectivity index (χ1v) is 9.40. The molecule has 0 atom stereocenters. The van der Waals surface area contributed by atoms with Gasteiger partial charge in [-0.25, -0.2) is 0 Å². The molecule has 2 aromatic rings. The van der Waals surface area contributed by atoms with E-state index in [9.17, 15) is 14.4 Å². The van der Waals surface area contributed by atoms with Crippen LogP contribution in [0.1, 0.15) is 33.6 Å². The Morgan fingerprint density at radius 1 is 0.926 bits per heavy atom. The number of imide groups is 1. The van der Waals surface area contributed by atoms with Gasteiger partial charge in [0.15, 0.2) is 0 Å². The standard InChI is InChI=1S/C21H23N3O3/c1-22-11-13-23(14-12-22)18(25)9-4-10-24-20(26)16-7-2-5-15-6-3-8-17(19(15)16)21(24)27/h2-3,5-8H,4,9-14H2,1H3. The van der Waals surface area contributed by atoms with Crippen LogP contribution >= 0.6 is 0 Å². The normalized spacial score (nSPS) is 17.7. The highest BCUT2D eigenvalue weighted by molar-refractivity contribution is 6.25. The zero-order valence-electron chi connectivity index (χ0n) is 15.5. The maximum atomic E-state index is 12.8. The number of hydrogen-bond donors (Lipinski definition) is 0. The Morgan fingerprint density at radius 3 is 2.11 bits per heavy atom. The van der Waals surface area contributed by atoms with E-state index in [0.717, 1.165) is 37.0 Å². The Bertz CT molecular complexity index is 865. The maximum Gasteiger partial charge on any atom is 0.261 e. The second kappa shape index (κ2) is 7.12. The molecule has 2 aliphatic heterocycles. The van der Waals surface area contributed by atoms with Crippen LogP contribution in [-0.4, -0.2) is 72.2 Å². The first-order valence-electron chi connectivity index (χ1n) is 9.40. The lowest BCUT2D eigenvalue weighted by Crippen LogP contribution is -2.47. The van der Waals surface area contributed by atoms with E-state index in [2.05, 4.69) is 4.90 Å². The third kappa shape index (κ3) is 3.21. The van der Waals surface area contributed by atoms with Crippen molar-refractivity contribution >= 4 is 28.5 Å². The quantitative estimate of drug-likeness (QED) is 0.778. The van der Waals surface area contributed by atoms with Gasteiger partial charge in [-0.1, -0.05) is 24.3 Å². The van der Waals surface area contributed by atoms with Gasteiger partial charge in [-0.3, -0.25) is 19.3 Å². The average Bonchev–Trinajstić information content (AvgIpc) is 2.69. The highest BCUT2D eigenvalue weighted by atomic mass is 16.2. The lowest BCUT2D eigenvalue weighted by molar-refractivity contribution is -0.132. The molecule has 6 heteroatoms. The Hall–Kier alpha value is -2.73. The number of nitrogens with zero attached hydrogens (tertiary/aromatic N) is 3. The summed E-state index contributed by atoms with van der Waals surface area (Å²) < 4.78 is 0. The van der Waals surface area contributed by atoms with E-state index in [1.807, 2.05) is 36.2 Å². The van der Waals surface area contributed by atoms with Crippen molar-refractivity contribution in [1.29, 1.82) is 0 Å². The molecule has 1 fully saturated rings. The van der Waals surface area contributed by atoms with Gasteiger partial charge in [-0.15, -0.1) is 0 Å². The second-order valence-corrected chi connectivity index (χ2v) is 7.26. The summed E-state index contributed by atoms with van der Waals surface area (Å²) in [6.07, 6.45) is 0.841. The molecule has 0 aromatic heterocycles. The number of likely N-dealkylation sites (N-methyl/N-ethyl adjacent to an activating group) is 1. The molecule has 0 N–H and O–H groups in total. The van der Waals surface area contributed by atoms with E-state index >= 15 is 0 Å². The minimum Gasteiger partial charge on any atom is -0.340 e. The van der Waals surface area contributed by atoms with Gasteiger partial charge in [0, 0.05) is 55.7 Å². The van der Waals surface area contributed by atoms with Crippen LogP contribution in [0.4, 0.5) is 0 Å². The monoisotopic (exact) mass is 365 g/mol. The zero-order valence-corrected chi connectivity index (χ0v) is 15.5. The summed E-state index contributed by atoms with van der Waals surface area (Å²) in [4.78, 5) is 43.4. The summed E-state index contributed by atoms with van der Waals surface area (Å²) >= 11 is 0. The summed E-state index contributed by atoms with van der Waals surface area (Å²) in [5.74, 6) is -0.435. The van der Waals surface area contributed by atoms with E-state index in [1.54, 1.807) is 12.1 Å². The average molecular weight is 365 g/mol. The number of rotatable bonds is 4. The van der Waals surface area contributed by atoms with E-state index in [0.29, 0.717) is 24.0 Å². The number of carbonyl (C=O) groups excluding carboxylic acids is 3. The molecule has 0 saturated carbocycles. The van der Waals surface area contributed by atoms with Crippen molar-refractivity contribution in [2.45, 2.75) is 12.8 Å². The highest BCUT2D eigenvalue weighted by Crippen LogP contribution is 2.30. The second-order valence-electron chi connectivity index (χ2n) is 7.26. The Labute approximate surface area is 158 Å². The summed E-state index contributed by atoms with van der Waals surface area (Å²) in [5.41, 5.74) is 1.13. The van der Waals surface area contributed by atoms with Gasteiger partial charge in [-0.2, -0.15) is 0 Å². The molecule has 0 unspecified atom stereocenters. The van der Waals surface area contributed by atoms with Crippen LogP contribution < -0.4 is 0 Å². The van der Waals surface area contributed by atoms with Crippen molar-refractivity contribution in [3.8, 4) is 0 Å². The van der Waals surface area contributed by atoms with Crippen molar-refractivity contribution in [2.75, 3.05) is 39.8 Å². The Balaban J connectivity index is 1.44. The van der Waals surface area contributed by atoms with Crippen LogP contribution in [0.25, 0.3) is 10.8 Å². The Kier molecular flexibility index (Phi) is 4.66. The smallest absolute Gasteiger partial charge is 0.261 e. The molecule has 3 amide bonds. The molecule has 0 radical (unpaired) electrons. The SMILES string of the molecule is CN1CCN(C(=O)CCCN2C(=O)c3cccc4cccc(c34)C2=O)CC1. The summed E-state index contributed by atoms with van der Waals surface area (Å²) in [6, 6.07) is 11.0. The molecule has 6 nitrogen and oxygen atoms in total. The van der Waals surface area contributed by atoms with Crippen molar-refractivity contribution in [1.82, 2.24) is 14.7 Å². The summed E-state index contributed by atoms with van der Waals surface area (Å²) in [5, 5.41) is 1.64. The first-order chi connectivity index (χ1) is 13.1. The molecule has 0 bridgehead atoms. The van der Waals surface area contributed by atoms with Gasteiger partial charge in [0.05, 0.1) is 0 Å². The van der Waals surface area contributed by atoms with Crippen LogP contribution in [0, 0.1) is 0 Å². The van der Waals surface area contributed by atoms with Crippen LogP contribution in [0.15, 0.2) is 36.4 Å². The number of hydrogen-bond acceptors (Lipinski definition) is 4. The first kappa shape index (κ1) is 17.7. The van der Waals surface area contributed by atoms with Gasteiger partial charge in [0.1, 0.15) is 0 Å². The van der Waals surface area contributed by atoms with Crippen molar-refractivity contribution in [3.63, 3.8) is 0 Å². The van der Waals surface area contributed by atoms with Gasteiger partial charge in [0.25, 0.3) is 11.8 Å². The molecule has 2 aliphatic rings. The minimum absolute atomic E-state index is 0.0995. The predicted octanol–water partition coefficient (Wildman–Crippen LogP) is 1.99. The number of carbonyl (C=O) groups is 3. The molecule has 0 spiro atoms. The molecule has 140 valence electrons. The van der Waals surface area contributed by atoms with Crippen LogP contribution in [0.3, 0.4) is 0 Å². The molecule has 27 heavy (non-hydrogen) atoms. The topological polar surface area (TPSA) is 60.9 Å². The lowest BCUT2D eigenvalue weighted by atomic mass is 9.94. The van der Waals surface area contributed by atoms with E-state index in [-0.39, 0.29) is 24.3 Å². The summed E-state index contributed by atoms with van der Waals surface area (Å²) in [6.45, 7) is 3.52. The zero-order chi connectivity index (χ0) is 19.0. The van der Waals surface area contributed by atoms with Crippen LogP contribution in [0.2, 0.25) is 0 Å². The molecular weight excluding hydrogens is 342 g/mol. The fourth-order valence-corrected chi connectivity index (χ4v) is 3.89. The van der Waals surface area contributed by atoms with Gasteiger partial charge in [-0.05, 0) is 31.0 Å². The van der Waals surface area contributed by atoms with Gasteiger partial charge in [0.2, 0.25) is 5.91 Å². The van der Waals surface area contributed by atoms with E-state index < -0.39 is 0 Å². The largest absolute Gasteiger partial charge is 0.340 e. The molecule has 1 saturated heterocycles. The van der Waals surface area contributed by atoms with Crippen molar-refractivity contribution in [2.24, 2.45) is 0 Å². The fraction of sp³-hybridized carbons (Fsp3) is 0.381. The van der Waals surface area contributed by atoms with E-state index in [1.165, 1.54) is 4.90 Å². The maximum absolute atomic E-state index is 12.8. The van der Waals surface area contributed by atoms with Gasteiger partial charge >= 0.3 is 0 Å². The highest BCUT2D eigenvalue weighted by Gasteiger charge is 2.32. The van der Waals surface area contributed by atoms with E-state index in [4.69, 9.17) is 0 Å². The number of piperazine rings is 1. The molecule has 2 aromatic carbocycles. The third-order valence-electron chi connectivity index (χ3n) is 5.48. The van der Waals surface area contributed by atoms with Crippen molar-refractivity contribution in [3.05, 3.63) is 47.5 Å². The van der Waals surface area contributed by atoms with Crippen molar-refractivity contribution < 1.29 is 14.4 Å². The molecule has 0 aliphatic carbocycles. The van der Waals surface area contributed by atoms with Gasteiger partial charge < -0.3 is 9.80 Å². The number of amides is 3. The fourth-order valence-electron chi connectivity index (χ4n) is 3.89. The van der Waals surface area contributed by atoms with Crippen LogP contribution in [0.5, 0.6) is 0 Å². The molecule has 4 rings (SSSR count). The molecule has 2 heterocycles. The summed E-state index contributed by atoms with van der Waals surface area (Å²) in [7, 11) is 2.05. The molecular formula is C21H23N3O3. The van der Waals surface area contributed by atoms with Crippen LogP contribution in [-0.2, 0) is 4.79 Å². The lowest BCUT2D eigenvalue weighted by Gasteiger charge is -2.32. The minimum atomic E-state index is -0.267. The number of benzene rings is 2. The predicted molar refractivity (Wildman–Crippen MR) is 103 cm³/mol. The third-order valence-corrected chi connectivity index (χ3v) is 5.48.